The van der Waals surface area contributed by atoms with Crippen LogP contribution >= 0.6 is 0 Å². The van der Waals surface area contributed by atoms with E-state index in [1.807, 2.05) is 49.4 Å². The molecule has 2 amide bonds. The lowest BCUT2D eigenvalue weighted by atomic mass is 9.97. The van der Waals surface area contributed by atoms with E-state index in [1.165, 1.54) is 4.90 Å². The molecule has 0 aliphatic carbocycles. The van der Waals surface area contributed by atoms with Crippen LogP contribution < -0.4 is 20.7 Å². The van der Waals surface area contributed by atoms with Crippen LogP contribution in [-0.4, -0.2) is 46.6 Å². The van der Waals surface area contributed by atoms with Crippen molar-refractivity contribution in [2.24, 2.45) is 4.99 Å². The number of aryl methyl sites for hydroxylation is 2. The van der Waals surface area contributed by atoms with Crippen molar-refractivity contribution in [3.63, 3.8) is 0 Å². The first-order valence-electron chi connectivity index (χ1n) is 13.1. The fourth-order valence-electron chi connectivity index (χ4n) is 5.42. The van der Waals surface area contributed by atoms with Gasteiger partial charge in [0.2, 0.25) is 0 Å². The quantitative estimate of drug-likeness (QED) is 0.350. The summed E-state index contributed by atoms with van der Waals surface area (Å²) in [5.74, 6) is 0.494. The Morgan fingerprint density at radius 3 is 2.12 bits per heavy atom. The molecule has 9 heteroatoms. The molecule has 0 saturated carbocycles. The van der Waals surface area contributed by atoms with Crippen molar-refractivity contribution < 1.29 is 19.1 Å². The van der Waals surface area contributed by atoms with Crippen molar-refractivity contribution >= 4 is 17.5 Å². The summed E-state index contributed by atoms with van der Waals surface area (Å²) < 4.78 is 14.3. The summed E-state index contributed by atoms with van der Waals surface area (Å²) in [6, 6.07) is 20.2. The SMILES string of the molecule is COc1cc2c(cc1OC)-c1c/c(=N\c3ccccc3C)n(CCN3C(=O)c4ccccc4C3=O)c(=O)n1CC2. The van der Waals surface area contributed by atoms with Crippen LogP contribution in [-0.2, 0) is 19.5 Å². The number of aromatic nitrogens is 2. The first-order chi connectivity index (χ1) is 19.4. The van der Waals surface area contributed by atoms with E-state index in [-0.39, 0.29) is 30.6 Å². The normalized spacial score (nSPS) is 14.2. The number of imide groups is 1. The fraction of sp³-hybridized carbons (Fsp3) is 0.226. The number of carbonyl (C=O) groups excluding carboxylic acids is 2. The number of methoxy groups -OCH3 is 2. The first-order valence-corrected chi connectivity index (χ1v) is 13.1. The van der Waals surface area contributed by atoms with Crippen LogP contribution in [0.5, 0.6) is 11.5 Å². The molecule has 0 bridgehead atoms. The standard InChI is InChI=1S/C31H28N4O5/c1-19-8-4-7-11-24(19)32-28-18-25-23-17-27(40-3)26(39-2)16-20(23)12-13-33(25)31(38)34(28)14-15-35-29(36)21-9-5-6-10-22(21)30(35)37/h4-11,16-18H,12-15H2,1-3H3/b32-28+. The molecule has 0 fully saturated rings. The summed E-state index contributed by atoms with van der Waals surface area (Å²) in [4.78, 5) is 46.1. The first kappa shape index (κ1) is 25.4. The number of benzene rings is 3. The zero-order chi connectivity index (χ0) is 28.0. The van der Waals surface area contributed by atoms with Gasteiger partial charge in [-0.1, -0.05) is 30.3 Å². The summed E-state index contributed by atoms with van der Waals surface area (Å²) in [7, 11) is 3.18. The van der Waals surface area contributed by atoms with Gasteiger partial charge in [-0.2, -0.15) is 0 Å². The van der Waals surface area contributed by atoms with Gasteiger partial charge in [0.05, 0.1) is 36.7 Å². The lowest BCUT2D eigenvalue weighted by molar-refractivity contribution is 0.0647. The molecule has 2 aliphatic rings. The molecule has 0 radical (unpaired) electrons. The number of ether oxygens (including phenoxy) is 2. The highest BCUT2D eigenvalue weighted by Gasteiger charge is 2.35. The maximum Gasteiger partial charge on any atom is 0.330 e. The van der Waals surface area contributed by atoms with E-state index < -0.39 is 0 Å². The van der Waals surface area contributed by atoms with Gasteiger partial charge in [-0.15, -0.1) is 0 Å². The fourth-order valence-corrected chi connectivity index (χ4v) is 5.42. The summed E-state index contributed by atoms with van der Waals surface area (Å²) >= 11 is 0. The van der Waals surface area contributed by atoms with E-state index in [9.17, 15) is 14.4 Å². The van der Waals surface area contributed by atoms with Crippen molar-refractivity contribution in [3.8, 4) is 22.8 Å². The highest BCUT2D eigenvalue weighted by atomic mass is 16.5. The van der Waals surface area contributed by atoms with E-state index in [1.54, 1.807) is 47.6 Å². The number of carbonyl (C=O) groups is 2. The zero-order valence-corrected chi connectivity index (χ0v) is 22.5. The predicted molar refractivity (Wildman–Crippen MR) is 149 cm³/mol. The van der Waals surface area contributed by atoms with E-state index in [0.717, 1.165) is 28.1 Å². The van der Waals surface area contributed by atoms with Gasteiger partial charge in [-0.3, -0.25) is 23.6 Å². The monoisotopic (exact) mass is 536 g/mol. The number of hydrogen-bond acceptors (Lipinski definition) is 6. The van der Waals surface area contributed by atoms with Crippen molar-refractivity contribution in [1.29, 1.82) is 0 Å². The maximum absolute atomic E-state index is 14.0. The Hall–Kier alpha value is -4.92. The summed E-state index contributed by atoms with van der Waals surface area (Å²) in [5.41, 5.74) is 5.25. The molecular weight excluding hydrogens is 508 g/mol. The van der Waals surface area contributed by atoms with E-state index >= 15 is 0 Å². The average Bonchev–Trinajstić information content (AvgIpc) is 3.22. The van der Waals surface area contributed by atoms with Gasteiger partial charge in [0.25, 0.3) is 11.8 Å². The second-order valence-electron chi connectivity index (χ2n) is 9.79. The number of nitrogens with zero attached hydrogens (tertiary/aromatic N) is 4. The average molecular weight is 537 g/mol. The highest BCUT2D eigenvalue weighted by molar-refractivity contribution is 6.21. The number of para-hydroxylation sites is 1. The van der Waals surface area contributed by atoms with Gasteiger partial charge in [0, 0.05) is 31.3 Å². The summed E-state index contributed by atoms with van der Waals surface area (Å²) in [5, 5.41) is 0. The second-order valence-corrected chi connectivity index (χ2v) is 9.79. The lowest BCUT2D eigenvalue weighted by Crippen LogP contribution is -2.45. The van der Waals surface area contributed by atoms with E-state index in [0.29, 0.717) is 41.1 Å². The molecule has 0 N–H and O–H groups in total. The third-order valence-electron chi connectivity index (χ3n) is 7.56. The Morgan fingerprint density at radius 2 is 1.45 bits per heavy atom. The topological polar surface area (TPSA) is 95.1 Å². The Labute approximate surface area is 230 Å². The minimum absolute atomic E-state index is 0.0451. The molecule has 0 spiro atoms. The minimum atomic E-state index is -0.355. The van der Waals surface area contributed by atoms with Crippen molar-refractivity contribution in [2.45, 2.75) is 26.4 Å². The molecule has 4 aromatic rings. The van der Waals surface area contributed by atoms with Crippen LogP contribution in [0.4, 0.5) is 5.69 Å². The van der Waals surface area contributed by atoms with Crippen LogP contribution in [0, 0.1) is 6.92 Å². The Balaban J connectivity index is 1.48. The molecule has 3 heterocycles. The molecule has 40 heavy (non-hydrogen) atoms. The van der Waals surface area contributed by atoms with Gasteiger partial charge in [-0.05, 0) is 54.8 Å². The van der Waals surface area contributed by atoms with E-state index in [2.05, 4.69) is 0 Å². The molecule has 1 aromatic heterocycles. The van der Waals surface area contributed by atoms with Gasteiger partial charge in [0.1, 0.15) is 5.49 Å². The number of amides is 2. The molecule has 3 aromatic carbocycles. The second kappa shape index (κ2) is 10.00. The third-order valence-corrected chi connectivity index (χ3v) is 7.56. The lowest BCUT2D eigenvalue weighted by Gasteiger charge is -2.25. The number of fused-ring (bicyclic) bond motifs is 4. The number of hydrogen-bond donors (Lipinski definition) is 0. The van der Waals surface area contributed by atoms with Crippen molar-refractivity contribution in [1.82, 2.24) is 14.0 Å². The maximum atomic E-state index is 14.0. The Kier molecular flexibility index (Phi) is 6.34. The molecule has 2 aliphatic heterocycles. The van der Waals surface area contributed by atoms with Gasteiger partial charge in [-0.25, -0.2) is 9.79 Å². The Bertz CT molecular complexity index is 1780. The van der Waals surface area contributed by atoms with Crippen LogP contribution in [0.25, 0.3) is 11.3 Å². The summed E-state index contributed by atoms with van der Waals surface area (Å²) in [6.07, 6.45) is 0.634. The zero-order valence-electron chi connectivity index (χ0n) is 22.5. The molecule has 9 nitrogen and oxygen atoms in total. The predicted octanol–water partition coefficient (Wildman–Crippen LogP) is 3.73. The van der Waals surface area contributed by atoms with Gasteiger partial charge < -0.3 is 9.47 Å². The molecule has 202 valence electrons. The van der Waals surface area contributed by atoms with Gasteiger partial charge >= 0.3 is 5.69 Å². The van der Waals surface area contributed by atoms with Crippen LogP contribution in [0.3, 0.4) is 0 Å². The van der Waals surface area contributed by atoms with Crippen LogP contribution in [0.1, 0.15) is 31.8 Å². The molecule has 0 unspecified atom stereocenters. The third kappa shape index (κ3) is 4.10. The van der Waals surface area contributed by atoms with Crippen LogP contribution in [0.2, 0.25) is 0 Å². The summed E-state index contributed by atoms with van der Waals surface area (Å²) in [6.45, 7) is 2.57. The Morgan fingerprint density at radius 1 is 0.800 bits per heavy atom. The molecule has 0 saturated heterocycles. The van der Waals surface area contributed by atoms with Crippen LogP contribution in [0.15, 0.2) is 76.5 Å². The van der Waals surface area contributed by atoms with Crippen molar-refractivity contribution in [3.05, 3.63) is 105 Å². The van der Waals surface area contributed by atoms with Crippen molar-refractivity contribution in [2.75, 3.05) is 20.8 Å². The van der Waals surface area contributed by atoms with E-state index in [4.69, 9.17) is 14.5 Å². The largest absolute Gasteiger partial charge is 0.493 e. The molecule has 0 atom stereocenters. The molecule has 6 rings (SSSR count). The number of rotatable bonds is 6. The highest BCUT2D eigenvalue weighted by Crippen LogP contribution is 2.37. The minimum Gasteiger partial charge on any atom is -0.493 e. The smallest absolute Gasteiger partial charge is 0.330 e. The molecular formula is C31H28N4O5. The van der Waals surface area contributed by atoms with Gasteiger partial charge in [0.15, 0.2) is 11.5 Å².